The van der Waals surface area contributed by atoms with Gasteiger partial charge in [0.15, 0.2) is 4.96 Å². The molecule has 0 fully saturated rings. The number of aromatic nitrogens is 2. The molecule has 0 saturated heterocycles. The SMILES string of the molecule is CCOc1cc(-c2cn3cc(CC(=O)O)sc3n2)c(OCC)cc1-c1ccccc1. The van der Waals surface area contributed by atoms with Gasteiger partial charge in [0.25, 0.3) is 0 Å². The van der Waals surface area contributed by atoms with Crippen LogP contribution in [0.1, 0.15) is 18.7 Å². The van der Waals surface area contributed by atoms with Crippen LogP contribution in [0, 0.1) is 0 Å². The van der Waals surface area contributed by atoms with Gasteiger partial charge in [-0.15, -0.1) is 11.3 Å². The highest BCUT2D eigenvalue weighted by Gasteiger charge is 2.18. The van der Waals surface area contributed by atoms with Crippen molar-refractivity contribution in [2.45, 2.75) is 20.3 Å². The monoisotopic (exact) mass is 422 g/mol. The number of fused-ring (bicyclic) bond motifs is 1. The van der Waals surface area contributed by atoms with Crippen LogP contribution in [0.5, 0.6) is 11.5 Å². The Kier molecular flexibility index (Phi) is 5.72. The second-order valence-corrected chi connectivity index (χ2v) is 7.75. The number of hydrogen-bond donors (Lipinski definition) is 1. The highest BCUT2D eigenvalue weighted by atomic mass is 32.1. The molecule has 0 bridgehead atoms. The van der Waals surface area contributed by atoms with E-state index in [0.29, 0.717) is 13.2 Å². The zero-order chi connectivity index (χ0) is 21.1. The molecule has 6 nitrogen and oxygen atoms in total. The molecular weight excluding hydrogens is 400 g/mol. The van der Waals surface area contributed by atoms with E-state index in [1.807, 2.05) is 73.1 Å². The van der Waals surface area contributed by atoms with E-state index < -0.39 is 5.97 Å². The number of imidazole rings is 1. The molecule has 2 heterocycles. The molecule has 0 aliphatic heterocycles. The van der Waals surface area contributed by atoms with Gasteiger partial charge in [-0.05, 0) is 31.5 Å². The van der Waals surface area contributed by atoms with Crippen LogP contribution in [0.2, 0.25) is 0 Å². The quantitative estimate of drug-likeness (QED) is 0.425. The molecule has 2 aromatic carbocycles. The maximum absolute atomic E-state index is 11.0. The number of nitrogens with zero attached hydrogens (tertiary/aromatic N) is 2. The Morgan fingerprint density at radius 1 is 1.03 bits per heavy atom. The zero-order valence-electron chi connectivity index (χ0n) is 16.8. The van der Waals surface area contributed by atoms with E-state index >= 15 is 0 Å². The van der Waals surface area contributed by atoms with Crippen molar-refractivity contribution in [1.82, 2.24) is 9.38 Å². The average Bonchev–Trinajstić information content (AvgIpc) is 3.28. The van der Waals surface area contributed by atoms with Gasteiger partial charge in [0, 0.05) is 28.4 Å². The van der Waals surface area contributed by atoms with Crippen LogP contribution in [0.3, 0.4) is 0 Å². The first-order chi connectivity index (χ1) is 14.6. The molecule has 0 unspecified atom stereocenters. The Morgan fingerprint density at radius 2 is 1.70 bits per heavy atom. The van der Waals surface area contributed by atoms with Crippen LogP contribution in [-0.4, -0.2) is 33.7 Å². The van der Waals surface area contributed by atoms with Gasteiger partial charge in [0.1, 0.15) is 11.5 Å². The van der Waals surface area contributed by atoms with Crippen LogP contribution in [0.4, 0.5) is 0 Å². The molecule has 30 heavy (non-hydrogen) atoms. The first kappa shape index (κ1) is 20.0. The van der Waals surface area contributed by atoms with Crippen molar-refractivity contribution in [3.63, 3.8) is 0 Å². The number of carboxylic acids is 1. The highest BCUT2D eigenvalue weighted by Crippen LogP contribution is 2.41. The molecule has 4 rings (SSSR count). The van der Waals surface area contributed by atoms with Gasteiger partial charge in [-0.2, -0.15) is 0 Å². The van der Waals surface area contributed by atoms with E-state index in [2.05, 4.69) is 0 Å². The fourth-order valence-electron chi connectivity index (χ4n) is 3.36. The van der Waals surface area contributed by atoms with Gasteiger partial charge in [0.05, 0.1) is 25.3 Å². The minimum absolute atomic E-state index is 0.00613. The summed E-state index contributed by atoms with van der Waals surface area (Å²) < 4.78 is 13.8. The molecule has 0 atom stereocenters. The number of aliphatic carboxylic acids is 1. The van der Waals surface area contributed by atoms with Crippen molar-refractivity contribution < 1.29 is 19.4 Å². The molecular formula is C23H22N2O4S. The summed E-state index contributed by atoms with van der Waals surface area (Å²) in [5, 5.41) is 9.01. The predicted molar refractivity (Wildman–Crippen MR) is 118 cm³/mol. The van der Waals surface area contributed by atoms with Gasteiger partial charge in [-0.25, -0.2) is 4.98 Å². The number of rotatable bonds is 8. The van der Waals surface area contributed by atoms with Crippen molar-refractivity contribution in [3.05, 3.63) is 59.7 Å². The van der Waals surface area contributed by atoms with E-state index in [0.717, 1.165) is 43.7 Å². The number of ether oxygens (including phenoxy) is 2. The van der Waals surface area contributed by atoms with Crippen molar-refractivity contribution in [3.8, 4) is 33.9 Å². The number of carboxylic acid groups (broad SMARTS) is 1. The summed E-state index contributed by atoms with van der Waals surface area (Å²) >= 11 is 1.37. The van der Waals surface area contributed by atoms with Gasteiger partial charge in [-0.3, -0.25) is 9.20 Å². The smallest absolute Gasteiger partial charge is 0.308 e. The van der Waals surface area contributed by atoms with Crippen LogP contribution >= 0.6 is 11.3 Å². The standard InChI is InChI=1S/C23H22N2O4S/c1-3-28-20-12-18(19-14-25-13-16(10-22(26)27)30-23(25)24-19)21(29-4-2)11-17(20)15-8-6-5-7-9-15/h5-9,11-14H,3-4,10H2,1-2H3,(H,26,27). The zero-order valence-corrected chi connectivity index (χ0v) is 17.6. The third-order valence-electron chi connectivity index (χ3n) is 4.57. The fourth-order valence-corrected chi connectivity index (χ4v) is 4.31. The number of carbonyl (C=O) groups is 1. The Balaban J connectivity index is 1.82. The molecule has 4 aromatic rings. The molecule has 0 aliphatic rings. The van der Waals surface area contributed by atoms with E-state index in [1.165, 1.54) is 11.3 Å². The number of hydrogen-bond acceptors (Lipinski definition) is 5. The summed E-state index contributed by atoms with van der Waals surface area (Å²) in [4.78, 5) is 17.2. The van der Waals surface area contributed by atoms with E-state index in [1.54, 1.807) is 0 Å². The molecule has 0 aliphatic carbocycles. The summed E-state index contributed by atoms with van der Waals surface area (Å²) in [6.07, 6.45) is 3.70. The summed E-state index contributed by atoms with van der Waals surface area (Å²) in [6, 6.07) is 14.0. The third-order valence-corrected chi connectivity index (χ3v) is 5.57. The molecule has 2 aromatic heterocycles. The molecule has 1 N–H and O–H groups in total. The molecule has 7 heteroatoms. The maximum atomic E-state index is 11.0. The summed E-state index contributed by atoms with van der Waals surface area (Å²) in [5.41, 5.74) is 3.62. The van der Waals surface area contributed by atoms with Crippen molar-refractivity contribution >= 4 is 22.3 Å². The first-order valence-corrected chi connectivity index (χ1v) is 10.6. The number of thiazole rings is 1. The Hall–Kier alpha value is -3.32. The third kappa shape index (κ3) is 4.02. The van der Waals surface area contributed by atoms with Gasteiger partial charge in [-0.1, -0.05) is 30.3 Å². The van der Waals surface area contributed by atoms with Crippen LogP contribution in [0.15, 0.2) is 54.9 Å². The van der Waals surface area contributed by atoms with E-state index in [9.17, 15) is 4.79 Å². The van der Waals surface area contributed by atoms with Crippen molar-refractivity contribution in [2.75, 3.05) is 13.2 Å². The second kappa shape index (κ2) is 8.59. The lowest BCUT2D eigenvalue weighted by atomic mass is 10.0. The normalized spacial score (nSPS) is 11.0. The molecule has 0 radical (unpaired) electrons. The summed E-state index contributed by atoms with van der Waals surface area (Å²) in [5.74, 6) is 0.651. The first-order valence-electron chi connectivity index (χ1n) is 9.77. The summed E-state index contributed by atoms with van der Waals surface area (Å²) in [7, 11) is 0. The summed E-state index contributed by atoms with van der Waals surface area (Å²) in [6.45, 7) is 4.98. The maximum Gasteiger partial charge on any atom is 0.308 e. The minimum atomic E-state index is -0.851. The minimum Gasteiger partial charge on any atom is -0.493 e. The Labute approximate surface area is 178 Å². The lowest BCUT2D eigenvalue weighted by Crippen LogP contribution is -1.99. The lowest BCUT2D eigenvalue weighted by Gasteiger charge is -2.16. The molecule has 154 valence electrons. The van der Waals surface area contributed by atoms with Crippen LogP contribution in [-0.2, 0) is 11.2 Å². The van der Waals surface area contributed by atoms with Crippen molar-refractivity contribution in [2.24, 2.45) is 0 Å². The Bertz CT molecular complexity index is 1150. The Morgan fingerprint density at radius 3 is 2.33 bits per heavy atom. The van der Waals surface area contributed by atoms with Gasteiger partial charge < -0.3 is 14.6 Å². The van der Waals surface area contributed by atoms with Gasteiger partial charge in [0.2, 0.25) is 0 Å². The molecule has 0 saturated carbocycles. The topological polar surface area (TPSA) is 73.1 Å². The largest absolute Gasteiger partial charge is 0.493 e. The lowest BCUT2D eigenvalue weighted by molar-refractivity contribution is -0.136. The molecule has 0 amide bonds. The van der Waals surface area contributed by atoms with E-state index in [4.69, 9.17) is 19.6 Å². The average molecular weight is 423 g/mol. The fraction of sp³-hybridized carbons (Fsp3) is 0.217. The number of benzene rings is 2. The van der Waals surface area contributed by atoms with Crippen LogP contribution < -0.4 is 9.47 Å². The van der Waals surface area contributed by atoms with E-state index in [-0.39, 0.29) is 6.42 Å². The van der Waals surface area contributed by atoms with Crippen molar-refractivity contribution in [1.29, 1.82) is 0 Å². The predicted octanol–water partition coefficient (Wildman–Crippen LogP) is 5.15. The second-order valence-electron chi connectivity index (χ2n) is 6.66. The van der Waals surface area contributed by atoms with Crippen LogP contribution in [0.25, 0.3) is 27.3 Å². The van der Waals surface area contributed by atoms with Gasteiger partial charge >= 0.3 is 5.97 Å². The molecule has 0 spiro atoms. The highest BCUT2D eigenvalue weighted by molar-refractivity contribution is 7.17.